The Morgan fingerprint density at radius 1 is 1.05 bits per heavy atom. The minimum absolute atomic E-state index is 0.918. The standard InChI is InChI=1S/C18H21N/c1-2-17-12-13-18(19(17)14-16-8-9-16)11-10-15-6-4-3-5-7-15/h3-7,10-13,16H,2,8-9,14H2,1H3/b11-10+. The van der Waals surface area contributed by atoms with E-state index in [0.717, 1.165) is 12.3 Å². The van der Waals surface area contributed by atoms with Crippen molar-refractivity contribution in [2.24, 2.45) is 5.92 Å². The van der Waals surface area contributed by atoms with E-state index in [4.69, 9.17) is 0 Å². The van der Waals surface area contributed by atoms with Crippen LogP contribution in [0.4, 0.5) is 0 Å². The minimum atomic E-state index is 0.918. The van der Waals surface area contributed by atoms with Crippen LogP contribution in [0, 0.1) is 5.92 Å². The molecule has 0 saturated heterocycles. The molecule has 1 aromatic carbocycles. The van der Waals surface area contributed by atoms with Crippen LogP contribution in [0.15, 0.2) is 42.5 Å². The Bertz CT molecular complexity index is 559. The lowest BCUT2D eigenvalue weighted by atomic mass is 10.2. The molecule has 0 radical (unpaired) electrons. The van der Waals surface area contributed by atoms with Gasteiger partial charge in [-0.2, -0.15) is 0 Å². The summed E-state index contributed by atoms with van der Waals surface area (Å²) < 4.78 is 2.50. The Morgan fingerprint density at radius 2 is 1.84 bits per heavy atom. The number of rotatable bonds is 5. The summed E-state index contributed by atoms with van der Waals surface area (Å²) in [4.78, 5) is 0. The van der Waals surface area contributed by atoms with Crippen molar-refractivity contribution in [3.63, 3.8) is 0 Å². The largest absolute Gasteiger partial charge is 0.345 e. The third-order valence-corrected chi connectivity index (χ3v) is 3.85. The van der Waals surface area contributed by atoms with E-state index in [1.807, 2.05) is 0 Å². The number of nitrogens with zero attached hydrogens (tertiary/aromatic N) is 1. The maximum absolute atomic E-state index is 2.50. The number of hydrogen-bond donors (Lipinski definition) is 0. The highest BCUT2D eigenvalue weighted by Gasteiger charge is 2.23. The predicted octanol–water partition coefficient (Wildman–Crippen LogP) is 4.63. The van der Waals surface area contributed by atoms with Crippen LogP contribution in [0.2, 0.25) is 0 Å². The molecule has 0 aliphatic heterocycles. The fourth-order valence-electron chi connectivity index (χ4n) is 2.51. The lowest BCUT2D eigenvalue weighted by Gasteiger charge is -2.10. The Hall–Kier alpha value is -1.76. The van der Waals surface area contributed by atoms with Crippen LogP contribution in [0.5, 0.6) is 0 Å². The molecule has 1 saturated carbocycles. The highest BCUT2D eigenvalue weighted by molar-refractivity contribution is 5.68. The van der Waals surface area contributed by atoms with Gasteiger partial charge in [0.25, 0.3) is 0 Å². The molecule has 0 N–H and O–H groups in total. The molecule has 1 fully saturated rings. The zero-order valence-corrected chi connectivity index (χ0v) is 11.5. The zero-order valence-electron chi connectivity index (χ0n) is 11.5. The van der Waals surface area contributed by atoms with Gasteiger partial charge in [-0.3, -0.25) is 0 Å². The average Bonchev–Trinajstić information content (AvgIpc) is 3.18. The van der Waals surface area contributed by atoms with Crippen LogP contribution in [-0.4, -0.2) is 4.57 Å². The summed E-state index contributed by atoms with van der Waals surface area (Å²) in [5.74, 6) is 0.918. The molecule has 1 aliphatic carbocycles. The van der Waals surface area contributed by atoms with Crippen LogP contribution in [-0.2, 0) is 13.0 Å². The summed E-state index contributed by atoms with van der Waals surface area (Å²) in [6, 6.07) is 15.0. The normalized spacial score (nSPS) is 15.2. The summed E-state index contributed by atoms with van der Waals surface area (Å²) in [5, 5.41) is 0. The third-order valence-electron chi connectivity index (χ3n) is 3.85. The molecular formula is C18H21N. The maximum Gasteiger partial charge on any atom is 0.0409 e. The molecule has 0 amide bonds. The monoisotopic (exact) mass is 251 g/mol. The quantitative estimate of drug-likeness (QED) is 0.730. The van der Waals surface area contributed by atoms with Crippen molar-refractivity contribution in [2.45, 2.75) is 32.7 Å². The SMILES string of the molecule is CCc1ccc(/C=C/c2ccccc2)n1CC1CC1. The lowest BCUT2D eigenvalue weighted by molar-refractivity contribution is 0.603. The predicted molar refractivity (Wildman–Crippen MR) is 81.9 cm³/mol. The van der Waals surface area contributed by atoms with Crippen molar-refractivity contribution in [2.75, 3.05) is 0 Å². The van der Waals surface area contributed by atoms with E-state index in [-0.39, 0.29) is 0 Å². The van der Waals surface area contributed by atoms with Crippen molar-refractivity contribution < 1.29 is 0 Å². The molecule has 98 valence electrons. The van der Waals surface area contributed by atoms with E-state index >= 15 is 0 Å². The molecule has 2 aromatic rings. The summed E-state index contributed by atoms with van der Waals surface area (Å²) in [5.41, 5.74) is 4.06. The minimum Gasteiger partial charge on any atom is -0.345 e. The van der Waals surface area contributed by atoms with Gasteiger partial charge in [0, 0.05) is 17.9 Å². The Labute approximate surface area is 115 Å². The highest BCUT2D eigenvalue weighted by atomic mass is 15.0. The number of benzene rings is 1. The van der Waals surface area contributed by atoms with E-state index in [2.05, 4.69) is 66.1 Å². The molecule has 0 atom stereocenters. The molecule has 19 heavy (non-hydrogen) atoms. The molecule has 1 aliphatic rings. The van der Waals surface area contributed by atoms with Gasteiger partial charge in [0.05, 0.1) is 0 Å². The Balaban J connectivity index is 1.83. The van der Waals surface area contributed by atoms with E-state index in [0.29, 0.717) is 0 Å². The second-order valence-corrected chi connectivity index (χ2v) is 5.40. The van der Waals surface area contributed by atoms with E-state index in [1.165, 1.54) is 36.3 Å². The fraction of sp³-hybridized carbons (Fsp3) is 0.333. The topological polar surface area (TPSA) is 4.93 Å². The van der Waals surface area contributed by atoms with Crippen molar-refractivity contribution in [3.8, 4) is 0 Å². The van der Waals surface area contributed by atoms with E-state index in [9.17, 15) is 0 Å². The van der Waals surface area contributed by atoms with Crippen molar-refractivity contribution in [1.82, 2.24) is 4.57 Å². The van der Waals surface area contributed by atoms with Crippen molar-refractivity contribution >= 4 is 12.2 Å². The van der Waals surface area contributed by atoms with Gasteiger partial charge in [-0.05, 0) is 49.0 Å². The van der Waals surface area contributed by atoms with Gasteiger partial charge in [0.2, 0.25) is 0 Å². The Morgan fingerprint density at radius 3 is 2.53 bits per heavy atom. The van der Waals surface area contributed by atoms with Gasteiger partial charge in [-0.25, -0.2) is 0 Å². The van der Waals surface area contributed by atoms with Crippen molar-refractivity contribution in [3.05, 3.63) is 59.4 Å². The van der Waals surface area contributed by atoms with Gasteiger partial charge < -0.3 is 4.57 Å². The molecule has 0 unspecified atom stereocenters. The van der Waals surface area contributed by atoms with Crippen LogP contribution in [0.3, 0.4) is 0 Å². The molecule has 0 spiro atoms. The zero-order chi connectivity index (χ0) is 13.1. The maximum atomic E-state index is 2.50. The first-order chi connectivity index (χ1) is 9.36. The van der Waals surface area contributed by atoms with Crippen LogP contribution in [0.25, 0.3) is 12.2 Å². The number of aromatic nitrogens is 1. The molecule has 1 heteroatoms. The molecule has 0 bridgehead atoms. The summed E-state index contributed by atoms with van der Waals surface area (Å²) in [6.07, 6.45) is 8.38. The van der Waals surface area contributed by atoms with Crippen molar-refractivity contribution in [1.29, 1.82) is 0 Å². The van der Waals surface area contributed by atoms with Crippen LogP contribution >= 0.6 is 0 Å². The molecule has 3 rings (SSSR count). The van der Waals surface area contributed by atoms with E-state index < -0.39 is 0 Å². The lowest BCUT2D eigenvalue weighted by Crippen LogP contribution is -2.05. The summed E-state index contributed by atoms with van der Waals surface area (Å²) in [6.45, 7) is 3.44. The number of aryl methyl sites for hydroxylation is 1. The van der Waals surface area contributed by atoms with Gasteiger partial charge >= 0.3 is 0 Å². The number of hydrogen-bond acceptors (Lipinski definition) is 0. The molecule has 1 heterocycles. The molecule has 1 aromatic heterocycles. The Kier molecular flexibility index (Phi) is 3.54. The van der Waals surface area contributed by atoms with Gasteiger partial charge in [-0.15, -0.1) is 0 Å². The van der Waals surface area contributed by atoms with Crippen LogP contribution < -0.4 is 0 Å². The first-order valence-electron chi connectivity index (χ1n) is 7.28. The van der Waals surface area contributed by atoms with E-state index in [1.54, 1.807) is 0 Å². The fourth-order valence-corrected chi connectivity index (χ4v) is 2.51. The highest BCUT2D eigenvalue weighted by Crippen LogP contribution is 2.32. The first-order valence-corrected chi connectivity index (χ1v) is 7.28. The molecule has 1 nitrogen and oxygen atoms in total. The second kappa shape index (κ2) is 5.48. The van der Waals surface area contributed by atoms with Gasteiger partial charge in [0.15, 0.2) is 0 Å². The summed E-state index contributed by atoms with van der Waals surface area (Å²) >= 11 is 0. The second-order valence-electron chi connectivity index (χ2n) is 5.40. The smallest absolute Gasteiger partial charge is 0.0409 e. The van der Waals surface area contributed by atoms with Crippen LogP contribution in [0.1, 0.15) is 36.7 Å². The van der Waals surface area contributed by atoms with Gasteiger partial charge in [0.1, 0.15) is 0 Å². The third kappa shape index (κ3) is 2.98. The summed E-state index contributed by atoms with van der Waals surface area (Å²) in [7, 11) is 0. The van der Waals surface area contributed by atoms with Gasteiger partial charge in [-0.1, -0.05) is 43.3 Å². The molecular weight excluding hydrogens is 230 g/mol. The first kappa shape index (κ1) is 12.3. The average molecular weight is 251 g/mol.